The van der Waals surface area contributed by atoms with Crippen molar-refractivity contribution < 1.29 is 24.5 Å². The van der Waals surface area contributed by atoms with Crippen molar-refractivity contribution in [3.63, 3.8) is 0 Å². The predicted molar refractivity (Wildman–Crippen MR) is 77.8 cm³/mol. The average molecular weight is 294 g/mol. The smallest absolute Gasteiger partial charge is 0.323 e. The van der Waals surface area contributed by atoms with Gasteiger partial charge in [-0.1, -0.05) is 37.3 Å². The van der Waals surface area contributed by atoms with Crippen LogP contribution in [0.15, 0.2) is 30.3 Å². The summed E-state index contributed by atoms with van der Waals surface area (Å²) < 4.78 is 4.96. The van der Waals surface area contributed by atoms with Gasteiger partial charge in [0, 0.05) is 6.42 Å². The molecule has 116 valence electrons. The maximum absolute atomic E-state index is 12.2. The predicted octanol–water partition coefficient (Wildman–Crippen LogP) is 2.02. The molecular formula is C16H22O5. The van der Waals surface area contributed by atoms with Gasteiger partial charge in [0.1, 0.15) is 0 Å². The van der Waals surface area contributed by atoms with Crippen molar-refractivity contribution in [3.05, 3.63) is 35.9 Å². The van der Waals surface area contributed by atoms with E-state index in [0.717, 1.165) is 5.56 Å². The van der Waals surface area contributed by atoms with Crippen molar-refractivity contribution in [2.24, 2.45) is 5.41 Å². The van der Waals surface area contributed by atoms with Gasteiger partial charge in [0.25, 0.3) is 0 Å². The third-order valence-electron chi connectivity index (χ3n) is 3.48. The molecule has 0 spiro atoms. The zero-order chi connectivity index (χ0) is 15.9. The van der Waals surface area contributed by atoms with Crippen LogP contribution in [0.2, 0.25) is 0 Å². The molecule has 5 nitrogen and oxygen atoms in total. The van der Waals surface area contributed by atoms with E-state index in [1.54, 1.807) is 38.1 Å². The minimum absolute atomic E-state index is 0.000926. The number of carbonyl (C=O) groups is 2. The van der Waals surface area contributed by atoms with Crippen LogP contribution in [0.4, 0.5) is 0 Å². The first-order valence-corrected chi connectivity index (χ1v) is 7.08. The van der Waals surface area contributed by atoms with Gasteiger partial charge in [-0.05, 0) is 25.3 Å². The Morgan fingerprint density at radius 3 is 2.33 bits per heavy atom. The van der Waals surface area contributed by atoms with E-state index < -0.39 is 23.5 Å². The number of esters is 1. The second-order valence-electron chi connectivity index (χ2n) is 5.04. The summed E-state index contributed by atoms with van der Waals surface area (Å²) in [7, 11) is 0. The highest BCUT2D eigenvalue weighted by atomic mass is 16.5. The molecule has 2 unspecified atom stereocenters. The van der Waals surface area contributed by atoms with Crippen LogP contribution in [0.3, 0.4) is 0 Å². The van der Waals surface area contributed by atoms with Gasteiger partial charge in [-0.2, -0.15) is 0 Å². The summed E-state index contributed by atoms with van der Waals surface area (Å²) in [5.74, 6) is -2.06. The van der Waals surface area contributed by atoms with E-state index in [1.165, 1.54) is 0 Å². The number of aliphatic hydroxyl groups is 1. The van der Waals surface area contributed by atoms with Crippen LogP contribution in [0.5, 0.6) is 0 Å². The molecule has 0 bridgehead atoms. The lowest BCUT2D eigenvalue weighted by Gasteiger charge is -2.29. The molecule has 0 aliphatic rings. The molecule has 0 heterocycles. The standard InChI is InChI=1S/C16H22O5/c1-3-13(17)11-16(14(18)19,15(20)21-4-2)10-12-8-6-5-7-9-12/h5-9,13,17H,3-4,10-11H2,1-2H3,(H,18,19). The third-order valence-corrected chi connectivity index (χ3v) is 3.48. The van der Waals surface area contributed by atoms with Crippen LogP contribution < -0.4 is 0 Å². The molecule has 0 amide bonds. The summed E-state index contributed by atoms with van der Waals surface area (Å²) in [5.41, 5.74) is -1.04. The summed E-state index contributed by atoms with van der Waals surface area (Å²) in [6.07, 6.45) is -0.649. The van der Waals surface area contributed by atoms with Crippen LogP contribution in [-0.2, 0) is 20.7 Å². The number of aliphatic hydroxyl groups excluding tert-OH is 1. The van der Waals surface area contributed by atoms with Gasteiger partial charge in [-0.3, -0.25) is 9.59 Å². The van der Waals surface area contributed by atoms with Crippen LogP contribution in [-0.4, -0.2) is 34.9 Å². The van der Waals surface area contributed by atoms with Gasteiger partial charge in [0.05, 0.1) is 12.7 Å². The van der Waals surface area contributed by atoms with E-state index >= 15 is 0 Å². The fourth-order valence-corrected chi connectivity index (χ4v) is 2.24. The lowest BCUT2D eigenvalue weighted by molar-refractivity contribution is -0.171. The number of rotatable bonds is 8. The summed E-state index contributed by atoms with van der Waals surface area (Å²) in [4.78, 5) is 24.0. The largest absolute Gasteiger partial charge is 0.480 e. The second kappa shape index (κ2) is 7.78. The second-order valence-corrected chi connectivity index (χ2v) is 5.04. The van der Waals surface area contributed by atoms with E-state index in [0.29, 0.717) is 6.42 Å². The first-order chi connectivity index (χ1) is 9.96. The minimum Gasteiger partial charge on any atom is -0.480 e. The first-order valence-electron chi connectivity index (χ1n) is 7.08. The van der Waals surface area contributed by atoms with Crippen molar-refractivity contribution in [1.29, 1.82) is 0 Å². The maximum atomic E-state index is 12.2. The molecular weight excluding hydrogens is 272 g/mol. The van der Waals surface area contributed by atoms with Crippen molar-refractivity contribution in [1.82, 2.24) is 0 Å². The van der Waals surface area contributed by atoms with Gasteiger partial charge in [-0.15, -0.1) is 0 Å². The number of hydrogen-bond donors (Lipinski definition) is 2. The molecule has 0 saturated carbocycles. The molecule has 1 aromatic rings. The summed E-state index contributed by atoms with van der Waals surface area (Å²) >= 11 is 0. The van der Waals surface area contributed by atoms with Gasteiger partial charge in [-0.25, -0.2) is 0 Å². The number of carboxylic acid groups (broad SMARTS) is 1. The van der Waals surface area contributed by atoms with Gasteiger partial charge in [0.2, 0.25) is 0 Å². The molecule has 1 rings (SSSR count). The van der Waals surface area contributed by atoms with Crippen LogP contribution in [0.1, 0.15) is 32.3 Å². The number of benzene rings is 1. The number of carbonyl (C=O) groups excluding carboxylic acids is 1. The maximum Gasteiger partial charge on any atom is 0.323 e. The Labute approximate surface area is 124 Å². The topological polar surface area (TPSA) is 83.8 Å². The zero-order valence-electron chi connectivity index (χ0n) is 12.4. The number of ether oxygens (including phenoxy) is 1. The highest BCUT2D eigenvalue weighted by Crippen LogP contribution is 2.32. The summed E-state index contributed by atoms with van der Waals surface area (Å²) in [6.45, 7) is 3.47. The number of carboxylic acids is 1. The third kappa shape index (κ3) is 4.29. The lowest BCUT2D eigenvalue weighted by atomic mass is 9.76. The molecule has 1 aromatic carbocycles. The molecule has 0 aromatic heterocycles. The molecule has 0 aliphatic heterocycles. The molecule has 0 fully saturated rings. The monoisotopic (exact) mass is 294 g/mol. The first kappa shape index (κ1) is 17.2. The van der Waals surface area contributed by atoms with E-state index in [-0.39, 0.29) is 19.4 Å². The fraction of sp³-hybridized carbons (Fsp3) is 0.500. The Morgan fingerprint density at radius 2 is 1.86 bits per heavy atom. The van der Waals surface area contributed by atoms with E-state index in [2.05, 4.69) is 0 Å². The highest BCUT2D eigenvalue weighted by Gasteiger charge is 2.48. The molecule has 21 heavy (non-hydrogen) atoms. The van der Waals surface area contributed by atoms with Crippen LogP contribution >= 0.6 is 0 Å². The average Bonchev–Trinajstić information content (AvgIpc) is 2.47. The van der Waals surface area contributed by atoms with E-state index in [1.807, 2.05) is 6.07 Å². The molecule has 2 N–H and O–H groups in total. The van der Waals surface area contributed by atoms with Crippen molar-refractivity contribution in [2.45, 2.75) is 39.2 Å². The Hall–Kier alpha value is -1.88. The van der Waals surface area contributed by atoms with Crippen molar-refractivity contribution >= 4 is 11.9 Å². The molecule has 2 atom stereocenters. The van der Waals surface area contributed by atoms with Gasteiger partial charge < -0.3 is 14.9 Å². The van der Waals surface area contributed by atoms with Crippen LogP contribution in [0, 0.1) is 5.41 Å². The van der Waals surface area contributed by atoms with E-state index in [4.69, 9.17) is 4.74 Å². The molecule has 5 heteroatoms. The molecule has 0 saturated heterocycles. The quantitative estimate of drug-likeness (QED) is 0.566. The van der Waals surface area contributed by atoms with Crippen molar-refractivity contribution in [2.75, 3.05) is 6.61 Å². The summed E-state index contributed by atoms with van der Waals surface area (Å²) in [5, 5.41) is 19.5. The molecule has 0 aliphatic carbocycles. The highest BCUT2D eigenvalue weighted by molar-refractivity contribution is 5.99. The molecule has 0 radical (unpaired) electrons. The zero-order valence-corrected chi connectivity index (χ0v) is 12.4. The van der Waals surface area contributed by atoms with Crippen molar-refractivity contribution in [3.8, 4) is 0 Å². The Kier molecular flexibility index (Phi) is 6.37. The lowest BCUT2D eigenvalue weighted by Crippen LogP contribution is -2.45. The number of hydrogen-bond acceptors (Lipinski definition) is 4. The van der Waals surface area contributed by atoms with Gasteiger partial charge in [0.15, 0.2) is 5.41 Å². The summed E-state index contributed by atoms with van der Waals surface area (Å²) in [6, 6.07) is 8.90. The SMILES string of the molecule is CCOC(=O)C(Cc1ccccc1)(CC(O)CC)C(=O)O. The number of aliphatic carboxylic acids is 1. The minimum atomic E-state index is -1.76. The Morgan fingerprint density at radius 1 is 1.24 bits per heavy atom. The Bertz CT molecular complexity index is 471. The van der Waals surface area contributed by atoms with E-state index in [9.17, 15) is 19.8 Å². The van der Waals surface area contributed by atoms with Crippen LogP contribution in [0.25, 0.3) is 0 Å². The van der Waals surface area contributed by atoms with Gasteiger partial charge >= 0.3 is 11.9 Å². The fourth-order valence-electron chi connectivity index (χ4n) is 2.24. The Balaban J connectivity index is 3.16. The normalized spacial score (nSPS) is 15.0.